The maximum atomic E-state index is 13.4. The van der Waals surface area contributed by atoms with Crippen LogP contribution in [0.25, 0.3) is 0 Å². The third kappa shape index (κ3) is 6.46. The molecular formula is C26H39N5O6. The van der Waals surface area contributed by atoms with Crippen molar-refractivity contribution < 1.29 is 28.6 Å². The number of rotatable bonds is 9. The molecule has 3 rings (SSSR count). The molecule has 0 saturated carbocycles. The zero-order valence-corrected chi connectivity index (χ0v) is 22.6. The predicted octanol–water partition coefficient (Wildman–Crippen LogP) is 2.34. The summed E-state index contributed by atoms with van der Waals surface area (Å²) in [6.45, 7) is 10.7. The van der Waals surface area contributed by atoms with E-state index in [1.165, 1.54) is 7.11 Å². The van der Waals surface area contributed by atoms with E-state index in [4.69, 9.17) is 14.2 Å². The van der Waals surface area contributed by atoms with Crippen LogP contribution in [0.2, 0.25) is 0 Å². The topological polar surface area (TPSA) is 113 Å². The number of benzene rings is 1. The minimum absolute atomic E-state index is 0.0622. The minimum atomic E-state index is -0.785. The first-order chi connectivity index (χ1) is 17.7. The van der Waals surface area contributed by atoms with Gasteiger partial charge in [0, 0.05) is 56.6 Å². The molecule has 4 amide bonds. The summed E-state index contributed by atoms with van der Waals surface area (Å²) in [4.78, 5) is 44.6. The van der Waals surface area contributed by atoms with Gasteiger partial charge in [0.2, 0.25) is 0 Å². The van der Waals surface area contributed by atoms with Gasteiger partial charge in [0.15, 0.2) is 0 Å². The lowest BCUT2D eigenvalue weighted by atomic mass is 9.93. The van der Waals surface area contributed by atoms with Crippen LogP contribution in [0.5, 0.6) is 11.5 Å². The standard InChI is InChI=1S/C26H39N5O6/c1-7-31-20(16-29-11-13-30(14-12-29)25(33)27-17(3)4)22(24(32)37-8-2)23(28-26(31)34)19-15-18(35-5)9-10-21(19)36-6/h9-10,15,17,23H,7-8,11-14,16H2,1-6H3,(H,27,33)(H,28,34). The second-order valence-corrected chi connectivity index (χ2v) is 9.18. The molecule has 0 bridgehead atoms. The monoisotopic (exact) mass is 517 g/mol. The Morgan fingerprint density at radius 1 is 1.11 bits per heavy atom. The van der Waals surface area contributed by atoms with Gasteiger partial charge in [-0.05, 0) is 45.9 Å². The van der Waals surface area contributed by atoms with Gasteiger partial charge in [-0.1, -0.05) is 0 Å². The third-order valence-corrected chi connectivity index (χ3v) is 6.44. The number of piperazine rings is 1. The molecule has 1 fully saturated rings. The smallest absolute Gasteiger partial charge is 0.338 e. The SMILES string of the molecule is CCOC(=O)C1=C(CN2CCN(C(=O)NC(C)C)CC2)N(CC)C(=O)NC1c1cc(OC)ccc1OC. The van der Waals surface area contributed by atoms with Crippen LogP contribution < -0.4 is 20.1 Å². The van der Waals surface area contributed by atoms with E-state index in [-0.39, 0.29) is 24.7 Å². The van der Waals surface area contributed by atoms with Gasteiger partial charge < -0.3 is 29.7 Å². The number of nitrogens with one attached hydrogen (secondary N) is 2. The molecule has 2 aliphatic rings. The van der Waals surface area contributed by atoms with Crippen LogP contribution in [-0.4, -0.2) is 98.9 Å². The van der Waals surface area contributed by atoms with Crippen LogP contribution in [0.4, 0.5) is 9.59 Å². The highest BCUT2D eigenvalue weighted by molar-refractivity contribution is 5.95. The largest absolute Gasteiger partial charge is 0.497 e. The summed E-state index contributed by atoms with van der Waals surface area (Å²) >= 11 is 0. The predicted molar refractivity (Wildman–Crippen MR) is 139 cm³/mol. The summed E-state index contributed by atoms with van der Waals surface area (Å²) in [6, 6.07) is 4.15. The van der Waals surface area contributed by atoms with Gasteiger partial charge in [0.05, 0.1) is 32.4 Å². The molecule has 1 saturated heterocycles. The first-order valence-corrected chi connectivity index (χ1v) is 12.7. The minimum Gasteiger partial charge on any atom is -0.497 e. The zero-order valence-electron chi connectivity index (χ0n) is 22.6. The first-order valence-electron chi connectivity index (χ1n) is 12.7. The fourth-order valence-electron chi connectivity index (χ4n) is 4.62. The van der Waals surface area contributed by atoms with E-state index in [0.29, 0.717) is 67.6 Å². The molecule has 11 nitrogen and oxygen atoms in total. The van der Waals surface area contributed by atoms with Gasteiger partial charge in [0.1, 0.15) is 11.5 Å². The molecule has 204 valence electrons. The summed E-state index contributed by atoms with van der Waals surface area (Å²) in [6.07, 6.45) is 0. The molecular weight excluding hydrogens is 478 g/mol. The van der Waals surface area contributed by atoms with Crippen molar-refractivity contribution in [3.05, 3.63) is 35.0 Å². The fourth-order valence-corrected chi connectivity index (χ4v) is 4.62. The molecule has 1 aromatic rings. The molecule has 0 aromatic heterocycles. The van der Waals surface area contributed by atoms with E-state index in [1.807, 2.05) is 20.8 Å². The average Bonchev–Trinajstić information content (AvgIpc) is 2.88. The van der Waals surface area contributed by atoms with Gasteiger partial charge in [0.25, 0.3) is 0 Å². The Morgan fingerprint density at radius 2 is 1.81 bits per heavy atom. The number of likely N-dealkylation sites (N-methyl/N-ethyl adjacent to an activating group) is 1. The summed E-state index contributed by atoms with van der Waals surface area (Å²) < 4.78 is 16.4. The van der Waals surface area contributed by atoms with E-state index >= 15 is 0 Å². The number of carbonyl (C=O) groups is 3. The molecule has 1 aromatic carbocycles. The van der Waals surface area contributed by atoms with Crippen molar-refractivity contribution in [3.63, 3.8) is 0 Å². The molecule has 2 aliphatic heterocycles. The van der Waals surface area contributed by atoms with Crippen molar-refractivity contribution in [2.24, 2.45) is 0 Å². The van der Waals surface area contributed by atoms with Crippen LogP contribution in [0, 0.1) is 0 Å². The van der Waals surface area contributed by atoms with Gasteiger partial charge in [-0.15, -0.1) is 0 Å². The van der Waals surface area contributed by atoms with E-state index < -0.39 is 12.0 Å². The Bertz CT molecular complexity index is 1020. The number of urea groups is 2. The number of hydrogen-bond acceptors (Lipinski definition) is 7. The highest BCUT2D eigenvalue weighted by atomic mass is 16.5. The van der Waals surface area contributed by atoms with Crippen molar-refractivity contribution in [2.75, 3.05) is 60.1 Å². The Morgan fingerprint density at radius 3 is 2.38 bits per heavy atom. The van der Waals surface area contributed by atoms with Gasteiger partial charge in [-0.25, -0.2) is 14.4 Å². The molecule has 0 aliphatic carbocycles. The molecule has 11 heteroatoms. The van der Waals surface area contributed by atoms with Crippen LogP contribution in [-0.2, 0) is 9.53 Å². The average molecular weight is 518 g/mol. The number of methoxy groups -OCH3 is 2. The van der Waals surface area contributed by atoms with E-state index in [0.717, 1.165) is 0 Å². The van der Waals surface area contributed by atoms with Crippen LogP contribution in [0.1, 0.15) is 39.3 Å². The number of hydrogen-bond donors (Lipinski definition) is 2. The summed E-state index contributed by atoms with van der Waals surface area (Å²) in [5.41, 5.74) is 1.54. The first kappa shape index (κ1) is 28.1. The lowest BCUT2D eigenvalue weighted by Crippen LogP contribution is -2.55. The summed E-state index contributed by atoms with van der Waals surface area (Å²) in [5.74, 6) is 0.589. The normalized spacial score (nSPS) is 18.6. The second-order valence-electron chi connectivity index (χ2n) is 9.18. The van der Waals surface area contributed by atoms with Crippen molar-refractivity contribution in [1.29, 1.82) is 0 Å². The van der Waals surface area contributed by atoms with Gasteiger partial charge >= 0.3 is 18.0 Å². The number of amides is 4. The molecule has 1 atom stereocenters. The Labute approximate surface area is 218 Å². The zero-order chi connectivity index (χ0) is 27.1. The van der Waals surface area contributed by atoms with Gasteiger partial charge in [-0.3, -0.25) is 9.80 Å². The van der Waals surface area contributed by atoms with Crippen molar-refractivity contribution in [1.82, 2.24) is 25.3 Å². The summed E-state index contributed by atoms with van der Waals surface area (Å²) in [5, 5.41) is 5.90. The van der Waals surface area contributed by atoms with E-state index in [9.17, 15) is 14.4 Å². The van der Waals surface area contributed by atoms with Crippen LogP contribution >= 0.6 is 0 Å². The Balaban J connectivity index is 1.99. The maximum absolute atomic E-state index is 13.4. The quantitative estimate of drug-likeness (QED) is 0.484. The third-order valence-electron chi connectivity index (χ3n) is 6.44. The second kappa shape index (κ2) is 12.7. The van der Waals surface area contributed by atoms with Crippen molar-refractivity contribution in [3.8, 4) is 11.5 Å². The van der Waals surface area contributed by atoms with Crippen molar-refractivity contribution in [2.45, 2.75) is 39.8 Å². The Kier molecular flexibility index (Phi) is 9.62. The van der Waals surface area contributed by atoms with Crippen molar-refractivity contribution >= 4 is 18.0 Å². The highest BCUT2D eigenvalue weighted by Crippen LogP contribution is 2.38. The number of esters is 1. The lowest BCUT2D eigenvalue weighted by Gasteiger charge is -2.40. The lowest BCUT2D eigenvalue weighted by molar-refractivity contribution is -0.139. The number of ether oxygens (including phenoxy) is 3. The molecule has 0 spiro atoms. The van der Waals surface area contributed by atoms with Gasteiger partial charge in [-0.2, -0.15) is 0 Å². The maximum Gasteiger partial charge on any atom is 0.338 e. The molecule has 2 N–H and O–H groups in total. The van der Waals surface area contributed by atoms with Crippen LogP contribution in [0.15, 0.2) is 29.5 Å². The summed E-state index contributed by atoms with van der Waals surface area (Å²) in [7, 11) is 3.09. The molecule has 2 heterocycles. The Hall–Kier alpha value is -3.47. The number of carbonyl (C=O) groups excluding carboxylic acids is 3. The highest BCUT2D eigenvalue weighted by Gasteiger charge is 2.40. The fraction of sp³-hybridized carbons (Fsp3) is 0.577. The number of nitrogens with zero attached hydrogens (tertiary/aromatic N) is 3. The van der Waals surface area contributed by atoms with E-state index in [2.05, 4.69) is 15.5 Å². The molecule has 0 radical (unpaired) electrons. The van der Waals surface area contributed by atoms with E-state index in [1.54, 1.807) is 42.0 Å². The molecule has 1 unspecified atom stereocenters. The van der Waals surface area contributed by atoms with Crippen LogP contribution in [0.3, 0.4) is 0 Å². The molecule has 37 heavy (non-hydrogen) atoms.